The molecule has 4 aromatic rings. The zero-order valence-electron chi connectivity index (χ0n) is 14.6. The van der Waals surface area contributed by atoms with Crippen LogP contribution >= 0.6 is 0 Å². The summed E-state index contributed by atoms with van der Waals surface area (Å²) in [7, 11) is 0. The molecular formula is C23H19NO2. The van der Waals surface area contributed by atoms with Crippen LogP contribution in [0.1, 0.15) is 6.92 Å². The van der Waals surface area contributed by atoms with Gasteiger partial charge in [-0.2, -0.15) is 0 Å². The number of carbonyl (C=O) groups excluding carboxylic acids is 1. The van der Waals surface area contributed by atoms with Crippen molar-refractivity contribution in [3.63, 3.8) is 0 Å². The third-order valence-electron chi connectivity index (χ3n) is 4.47. The Morgan fingerprint density at radius 1 is 0.731 bits per heavy atom. The number of nitrogens with zero attached hydrogens (tertiary/aromatic N) is 1. The molecule has 3 nitrogen and oxygen atoms in total. The Kier molecular flexibility index (Phi) is 4.28. The van der Waals surface area contributed by atoms with E-state index in [0.717, 1.165) is 32.9 Å². The summed E-state index contributed by atoms with van der Waals surface area (Å²) >= 11 is 0. The standard InChI is InChI=1S/C23H19NO2/c1-2-26-23(25)24(21-15-7-11-17-9-3-5-13-19(17)21)22-16-8-12-18-10-4-6-14-20(18)22/h3-16H,2H2,1H3. The molecule has 0 aromatic heterocycles. The van der Waals surface area contributed by atoms with Gasteiger partial charge in [0.1, 0.15) is 0 Å². The molecule has 0 aliphatic carbocycles. The number of hydrogen-bond acceptors (Lipinski definition) is 2. The third kappa shape index (κ3) is 2.78. The van der Waals surface area contributed by atoms with Crippen molar-refractivity contribution in [1.82, 2.24) is 0 Å². The summed E-state index contributed by atoms with van der Waals surface area (Å²) < 4.78 is 5.40. The largest absolute Gasteiger partial charge is 0.449 e. The van der Waals surface area contributed by atoms with Crippen LogP contribution in [0, 0.1) is 0 Å². The third-order valence-corrected chi connectivity index (χ3v) is 4.47. The van der Waals surface area contributed by atoms with Gasteiger partial charge >= 0.3 is 6.09 Å². The lowest BCUT2D eigenvalue weighted by Crippen LogP contribution is -2.27. The maximum atomic E-state index is 12.9. The lowest BCUT2D eigenvalue weighted by molar-refractivity contribution is 0.163. The van der Waals surface area contributed by atoms with Crippen LogP contribution in [-0.4, -0.2) is 12.7 Å². The highest BCUT2D eigenvalue weighted by Crippen LogP contribution is 2.36. The molecule has 1 amide bonds. The van der Waals surface area contributed by atoms with Crippen LogP contribution in [-0.2, 0) is 4.74 Å². The monoisotopic (exact) mass is 341 g/mol. The maximum absolute atomic E-state index is 12.9. The number of fused-ring (bicyclic) bond motifs is 2. The summed E-state index contributed by atoms with van der Waals surface area (Å²) in [5.41, 5.74) is 1.64. The van der Waals surface area contributed by atoms with Gasteiger partial charge in [-0.15, -0.1) is 0 Å². The molecule has 4 rings (SSSR count). The van der Waals surface area contributed by atoms with E-state index in [1.54, 1.807) is 4.90 Å². The van der Waals surface area contributed by atoms with Crippen molar-refractivity contribution in [2.45, 2.75) is 6.92 Å². The molecule has 0 N–H and O–H groups in total. The number of anilines is 2. The summed E-state index contributed by atoms with van der Waals surface area (Å²) in [5, 5.41) is 4.19. The molecule has 0 aliphatic rings. The molecule has 0 heterocycles. The highest BCUT2D eigenvalue weighted by Gasteiger charge is 2.22. The Morgan fingerprint density at radius 2 is 1.19 bits per heavy atom. The molecule has 0 spiro atoms. The average Bonchev–Trinajstić information content (AvgIpc) is 2.69. The van der Waals surface area contributed by atoms with Gasteiger partial charge in [0.15, 0.2) is 0 Å². The first kappa shape index (κ1) is 16.2. The number of benzene rings is 4. The predicted molar refractivity (Wildman–Crippen MR) is 107 cm³/mol. The van der Waals surface area contributed by atoms with Crippen molar-refractivity contribution in [3.05, 3.63) is 84.9 Å². The first-order valence-electron chi connectivity index (χ1n) is 8.72. The average molecular weight is 341 g/mol. The minimum atomic E-state index is -0.375. The zero-order valence-corrected chi connectivity index (χ0v) is 14.6. The minimum absolute atomic E-state index is 0.324. The number of hydrogen-bond donors (Lipinski definition) is 0. The van der Waals surface area contributed by atoms with Crippen molar-refractivity contribution in [3.8, 4) is 0 Å². The van der Waals surface area contributed by atoms with E-state index in [0.29, 0.717) is 6.61 Å². The fourth-order valence-electron chi connectivity index (χ4n) is 3.32. The van der Waals surface area contributed by atoms with Crippen LogP contribution in [0.2, 0.25) is 0 Å². The number of rotatable bonds is 3. The molecule has 0 radical (unpaired) electrons. The molecule has 0 saturated heterocycles. The van der Waals surface area contributed by atoms with Crippen LogP contribution in [0.15, 0.2) is 84.9 Å². The summed E-state index contributed by atoms with van der Waals surface area (Å²) in [4.78, 5) is 14.6. The fourth-order valence-corrected chi connectivity index (χ4v) is 3.32. The highest BCUT2D eigenvalue weighted by molar-refractivity contribution is 6.11. The van der Waals surface area contributed by atoms with Gasteiger partial charge in [-0.3, -0.25) is 0 Å². The van der Waals surface area contributed by atoms with Gasteiger partial charge in [0.05, 0.1) is 18.0 Å². The summed E-state index contributed by atoms with van der Waals surface area (Å²) in [5.74, 6) is 0. The van der Waals surface area contributed by atoms with Gasteiger partial charge in [-0.05, 0) is 29.8 Å². The lowest BCUT2D eigenvalue weighted by atomic mass is 10.1. The van der Waals surface area contributed by atoms with E-state index in [-0.39, 0.29) is 6.09 Å². The first-order chi connectivity index (χ1) is 12.8. The van der Waals surface area contributed by atoms with Gasteiger partial charge < -0.3 is 4.74 Å². The molecule has 0 aliphatic heterocycles. The Labute approximate surface area is 152 Å². The predicted octanol–water partition coefficient (Wildman–Crippen LogP) is 6.29. The molecule has 0 fully saturated rings. The van der Waals surface area contributed by atoms with Crippen molar-refractivity contribution >= 4 is 39.0 Å². The van der Waals surface area contributed by atoms with E-state index >= 15 is 0 Å². The molecule has 0 saturated carbocycles. The number of ether oxygens (including phenoxy) is 1. The summed E-state index contributed by atoms with van der Waals surface area (Å²) in [6.45, 7) is 2.15. The van der Waals surface area contributed by atoms with Gasteiger partial charge in [-0.25, -0.2) is 9.69 Å². The molecule has 0 bridgehead atoms. The molecule has 128 valence electrons. The van der Waals surface area contributed by atoms with Gasteiger partial charge in [0, 0.05) is 10.8 Å². The van der Waals surface area contributed by atoms with Crippen molar-refractivity contribution in [2.24, 2.45) is 0 Å². The van der Waals surface area contributed by atoms with E-state index in [2.05, 4.69) is 0 Å². The quantitative estimate of drug-likeness (QED) is 0.438. The van der Waals surface area contributed by atoms with Crippen molar-refractivity contribution in [1.29, 1.82) is 0 Å². The van der Waals surface area contributed by atoms with E-state index in [1.165, 1.54) is 0 Å². The van der Waals surface area contributed by atoms with Crippen LogP contribution in [0.25, 0.3) is 21.5 Å². The Hall–Kier alpha value is -3.33. The fraction of sp³-hybridized carbons (Fsp3) is 0.0870. The lowest BCUT2D eigenvalue weighted by Gasteiger charge is -2.25. The Balaban J connectivity index is 2.00. The number of amides is 1. The minimum Gasteiger partial charge on any atom is -0.449 e. The van der Waals surface area contributed by atoms with E-state index in [9.17, 15) is 4.79 Å². The van der Waals surface area contributed by atoms with Gasteiger partial charge in [0.2, 0.25) is 0 Å². The molecule has 3 heteroatoms. The second-order valence-electron chi connectivity index (χ2n) is 6.03. The molecule has 0 unspecified atom stereocenters. The molecular weight excluding hydrogens is 322 g/mol. The van der Waals surface area contributed by atoms with Crippen molar-refractivity contribution in [2.75, 3.05) is 11.5 Å². The van der Waals surface area contributed by atoms with Crippen LogP contribution in [0.4, 0.5) is 16.2 Å². The van der Waals surface area contributed by atoms with E-state index in [4.69, 9.17) is 4.74 Å². The second-order valence-corrected chi connectivity index (χ2v) is 6.03. The van der Waals surface area contributed by atoms with Crippen LogP contribution in [0.3, 0.4) is 0 Å². The topological polar surface area (TPSA) is 29.5 Å². The molecule has 4 aromatic carbocycles. The smallest absolute Gasteiger partial charge is 0.418 e. The normalized spacial score (nSPS) is 10.8. The summed E-state index contributed by atoms with van der Waals surface area (Å²) in [6, 6.07) is 28.1. The summed E-state index contributed by atoms with van der Waals surface area (Å²) in [6.07, 6.45) is -0.375. The molecule has 26 heavy (non-hydrogen) atoms. The maximum Gasteiger partial charge on any atom is 0.418 e. The zero-order chi connectivity index (χ0) is 17.9. The second kappa shape index (κ2) is 6.89. The van der Waals surface area contributed by atoms with Gasteiger partial charge in [-0.1, -0.05) is 72.8 Å². The van der Waals surface area contributed by atoms with E-state index in [1.807, 2.05) is 91.9 Å². The Morgan fingerprint density at radius 3 is 1.69 bits per heavy atom. The number of carbonyl (C=O) groups is 1. The molecule has 0 atom stereocenters. The van der Waals surface area contributed by atoms with E-state index < -0.39 is 0 Å². The van der Waals surface area contributed by atoms with Crippen LogP contribution < -0.4 is 4.90 Å². The van der Waals surface area contributed by atoms with Crippen molar-refractivity contribution < 1.29 is 9.53 Å². The van der Waals surface area contributed by atoms with Gasteiger partial charge in [0.25, 0.3) is 0 Å². The SMILES string of the molecule is CCOC(=O)N(c1cccc2ccccc12)c1cccc2ccccc12. The Bertz CT molecular complexity index is 998. The highest BCUT2D eigenvalue weighted by atomic mass is 16.6. The van der Waals surface area contributed by atoms with Crippen LogP contribution in [0.5, 0.6) is 0 Å². The first-order valence-corrected chi connectivity index (χ1v) is 8.72.